The fourth-order valence-corrected chi connectivity index (χ4v) is 1.98. The van der Waals surface area contributed by atoms with Crippen molar-refractivity contribution >= 4 is 12.0 Å². The Kier molecular flexibility index (Phi) is 3.02. The molecule has 0 radical (unpaired) electrons. The first kappa shape index (κ1) is 10.2. The Morgan fingerprint density at radius 1 is 1.40 bits per heavy atom. The van der Waals surface area contributed by atoms with E-state index < -0.39 is 0 Å². The standard InChI is InChI=1S/C12H15NO2/c14-8-10-1-3-12(4-2-10)13-6-5-11(7-13)9-15/h1-4,8,11,15H,5-7,9H2. The molecule has 0 bridgehead atoms. The summed E-state index contributed by atoms with van der Waals surface area (Å²) in [5, 5.41) is 9.04. The second kappa shape index (κ2) is 4.45. The first-order chi connectivity index (χ1) is 7.33. The summed E-state index contributed by atoms with van der Waals surface area (Å²) in [6.07, 6.45) is 1.90. The van der Waals surface area contributed by atoms with Crippen molar-refractivity contribution in [3.8, 4) is 0 Å². The zero-order valence-corrected chi connectivity index (χ0v) is 8.60. The number of aliphatic hydroxyl groups is 1. The van der Waals surface area contributed by atoms with E-state index in [1.165, 1.54) is 0 Å². The molecule has 3 heteroatoms. The summed E-state index contributed by atoms with van der Waals surface area (Å²) in [7, 11) is 0. The third kappa shape index (κ3) is 2.18. The van der Waals surface area contributed by atoms with Gasteiger partial charge in [0.05, 0.1) is 0 Å². The van der Waals surface area contributed by atoms with Crippen LogP contribution in [0.3, 0.4) is 0 Å². The van der Waals surface area contributed by atoms with Crippen LogP contribution in [0.5, 0.6) is 0 Å². The van der Waals surface area contributed by atoms with Crippen LogP contribution in [-0.2, 0) is 0 Å². The largest absolute Gasteiger partial charge is 0.396 e. The molecule has 0 aliphatic carbocycles. The lowest BCUT2D eigenvalue weighted by Gasteiger charge is -2.18. The van der Waals surface area contributed by atoms with E-state index in [9.17, 15) is 4.79 Å². The van der Waals surface area contributed by atoms with Gasteiger partial charge in [0.15, 0.2) is 0 Å². The molecule has 1 unspecified atom stereocenters. The number of anilines is 1. The average Bonchev–Trinajstić information content (AvgIpc) is 2.78. The van der Waals surface area contributed by atoms with Crippen LogP contribution in [0.4, 0.5) is 5.69 Å². The van der Waals surface area contributed by atoms with Crippen molar-refractivity contribution in [2.75, 3.05) is 24.6 Å². The zero-order chi connectivity index (χ0) is 10.7. The second-order valence-electron chi connectivity index (χ2n) is 3.99. The highest BCUT2D eigenvalue weighted by Crippen LogP contribution is 2.23. The predicted molar refractivity (Wildman–Crippen MR) is 59.2 cm³/mol. The quantitative estimate of drug-likeness (QED) is 0.756. The Hall–Kier alpha value is -1.35. The SMILES string of the molecule is O=Cc1ccc(N2CCC(CO)C2)cc1. The smallest absolute Gasteiger partial charge is 0.150 e. The molecule has 0 spiro atoms. The van der Waals surface area contributed by atoms with Crippen LogP contribution in [-0.4, -0.2) is 31.1 Å². The van der Waals surface area contributed by atoms with Gasteiger partial charge < -0.3 is 10.0 Å². The van der Waals surface area contributed by atoms with Gasteiger partial charge >= 0.3 is 0 Å². The predicted octanol–water partition coefficient (Wildman–Crippen LogP) is 1.32. The summed E-state index contributed by atoms with van der Waals surface area (Å²) in [6.45, 7) is 2.17. The zero-order valence-electron chi connectivity index (χ0n) is 8.60. The molecular weight excluding hydrogens is 190 g/mol. The Morgan fingerprint density at radius 3 is 2.67 bits per heavy atom. The highest BCUT2D eigenvalue weighted by atomic mass is 16.3. The van der Waals surface area contributed by atoms with Gasteiger partial charge in [0.1, 0.15) is 6.29 Å². The van der Waals surface area contributed by atoms with Crippen LogP contribution in [0.2, 0.25) is 0 Å². The molecule has 0 amide bonds. The highest BCUT2D eigenvalue weighted by Gasteiger charge is 2.21. The fourth-order valence-electron chi connectivity index (χ4n) is 1.98. The summed E-state index contributed by atoms with van der Waals surface area (Å²) < 4.78 is 0. The van der Waals surface area contributed by atoms with E-state index in [-0.39, 0.29) is 6.61 Å². The minimum Gasteiger partial charge on any atom is -0.396 e. The Balaban J connectivity index is 2.07. The van der Waals surface area contributed by atoms with Crippen LogP contribution < -0.4 is 4.90 Å². The molecule has 1 heterocycles. The summed E-state index contributed by atoms with van der Waals surface area (Å²) in [6, 6.07) is 7.58. The molecule has 1 aromatic carbocycles. The van der Waals surface area contributed by atoms with E-state index in [0.717, 1.165) is 31.5 Å². The Morgan fingerprint density at radius 2 is 2.13 bits per heavy atom. The van der Waals surface area contributed by atoms with E-state index in [0.29, 0.717) is 11.5 Å². The van der Waals surface area contributed by atoms with E-state index >= 15 is 0 Å². The van der Waals surface area contributed by atoms with Gasteiger partial charge in [-0.1, -0.05) is 0 Å². The van der Waals surface area contributed by atoms with Crippen molar-refractivity contribution in [1.29, 1.82) is 0 Å². The van der Waals surface area contributed by atoms with Gasteiger partial charge in [-0.05, 0) is 30.7 Å². The lowest BCUT2D eigenvalue weighted by molar-refractivity contribution is 0.112. The van der Waals surface area contributed by atoms with E-state index in [2.05, 4.69) is 4.90 Å². The van der Waals surface area contributed by atoms with Crippen LogP contribution in [0.25, 0.3) is 0 Å². The number of hydrogen-bond donors (Lipinski definition) is 1. The average molecular weight is 205 g/mol. The molecule has 0 saturated carbocycles. The molecule has 80 valence electrons. The number of aldehydes is 1. The molecule has 1 saturated heterocycles. The van der Waals surface area contributed by atoms with Crippen molar-refractivity contribution in [2.24, 2.45) is 5.92 Å². The van der Waals surface area contributed by atoms with E-state index in [4.69, 9.17) is 5.11 Å². The number of carbonyl (C=O) groups is 1. The molecule has 1 aliphatic heterocycles. The van der Waals surface area contributed by atoms with Crippen LogP contribution in [0.1, 0.15) is 16.8 Å². The maximum absolute atomic E-state index is 10.5. The number of hydrogen-bond acceptors (Lipinski definition) is 3. The number of benzene rings is 1. The van der Waals surface area contributed by atoms with Crippen molar-refractivity contribution < 1.29 is 9.90 Å². The molecule has 1 aliphatic rings. The van der Waals surface area contributed by atoms with Crippen LogP contribution in [0, 0.1) is 5.92 Å². The summed E-state index contributed by atoms with van der Waals surface area (Å²) in [5.74, 6) is 0.399. The van der Waals surface area contributed by atoms with Crippen molar-refractivity contribution in [3.05, 3.63) is 29.8 Å². The number of nitrogens with zero attached hydrogens (tertiary/aromatic N) is 1. The number of rotatable bonds is 3. The third-order valence-corrected chi connectivity index (χ3v) is 2.94. The molecule has 2 rings (SSSR count). The lowest BCUT2D eigenvalue weighted by Crippen LogP contribution is -2.20. The van der Waals surface area contributed by atoms with Crippen molar-refractivity contribution in [1.82, 2.24) is 0 Å². The minimum atomic E-state index is 0.267. The first-order valence-corrected chi connectivity index (χ1v) is 5.24. The summed E-state index contributed by atoms with van der Waals surface area (Å²) in [5.41, 5.74) is 1.84. The van der Waals surface area contributed by atoms with Gasteiger partial charge in [0.2, 0.25) is 0 Å². The number of carbonyl (C=O) groups excluding carboxylic acids is 1. The van der Waals surface area contributed by atoms with Crippen LogP contribution >= 0.6 is 0 Å². The molecule has 3 nitrogen and oxygen atoms in total. The normalized spacial score (nSPS) is 20.6. The fraction of sp³-hybridized carbons (Fsp3) is 0.417. The lowest BCUT2D eigenvalue weighted by atomic mass is 10.1. The monoisotopic (exact) mass is 205 g/mol. The van der Waals surface area contributed by atoms with Gasteiger partial charge in [0.25, 0.3) is 0 Å². The maximum atomic E-state index is 10.5. The molecule has 1 N–H and O–H groups in total. The Labute approximate surface area is 89.3 Å². The Bertz CT molecular complexity index is 334. The summed E-state index contributed by atoms with van der Waals surface area (Å²) in [4.78, 5) is 12.7. The molecule has 1 atom stereocenters. The number of aliphatic hydroxyl groups excluding tert-OH is 1. The van der Waals surface area contributed by atoms with Crippen molar-refractivity contribution in [3.63, 3.8) is 0 Å². The minimum absolute atomic E-state index is 0.267. The van der Waals surface area contributed by atoms with Gasteiger partial charge in [0, 0.05) is 36.9 Å². The topological polar surface area (TPSA) is 40.5 Å². The van der Waals surface area contributed by atoms with E-state index in [1.54, 1.807) is 0 Å². The highest BCUT2D eigenvalue weighted by molar-refractivity contribution is 5.75. The molecular formula is C12H15NO2. The van der Waals surface area contributed by atoms with Crippen LogP contribution in [0.15, 0.2) is 24.3 Å². The second-order valence-corrected chi connectivity index (χ2v) is 3.99. The first-order valence-electron chi connectivity index (χ1n) is 5.24. The molecule has 15 heavy (non-hydrogen) atoms. The maximum Gasteiger partial charge on any atom is 0.150 e. The van der Waals surface area contributed by atoms with Gasteiger partial charge in [-0.15, -0.1) is 0 Å². The van der Waals surface area contributed by atoms with E-state index in [1.807, 2.05) is 24.3 Å². The third-order valence-electron chi connectivity index (χ3n) is 2.94. The molecule has 0 aromatic heterocycles. The van der Waals surface area contributed by atoms with Crippen molar-refractivity contribution in [2.45, 2.75) is 6.42 Å². The summed E-state index contributed by atoms with van der Waals surface area (Å²) >= 11 is 0. The van der Waals surface area contributed by atoms with Gasteiger partial charge in [-0.25, -0.2) is 0 Å². The van der Waals surface area contributed by atoms with Gasteiger partial charge in [-0.3, -0.25) is 4.79 Å². The molecule has 1 fully saturated rings. The molecule has 1 aromatic rings. The van der Waals surface area contributed by atoms with Gasteiger partial charge in [-0.2, -0.15) is 0 Å².